The van der Waals surface area contributed by atoms with Crippen LogP contribution in [0.3, 0.4) is 0 Å². The number of hydrogen-bond acceptors (Lipinski definition) is 2. The molecular formula is C15H19ClN2O3. The summed E-state index contributed by atoms with van der Waals surface area (Å²) in [5.74, 6) is -1.12. The van der Waals surface area contributed by atoms with Gasteiger partial charge in [0.25, 0.3) is 0 Å². The maximum atomic E-state index is 12.2. The van der Waals surface area contributed by atoms with Crippen LogP contribution in [0, 0.1) is 19.8 Å². The number of rotatable bonds is 2. The number of nitrogens with zero attached hydrogens (tertiary/aromatic N) is 1. The number of carboxylic acids is 1. The van der Waals surface area contributed by atoms with Gasteiger partial charge in [-0.15, -0.1) is 0 Å². The molecule has 1 aromatic carbocycles. The van der Waals surface area contributed by atoms with E-state index in [0.717, 1.165) is 11.1 Å². The summed E-state index contributed by atoms with van der Waals surface area (Å²) in [4.78, 5) is 24.7. The molecule has 21 heavy (non-hydrogen) atoms. The average Bonchev–Trinajstić information content (AvgIpc) is 2.44. The second-order valence-electron chi connectivity index (χ2n) is 5.45. The van der Waals surface area contributed by atoms with Gasteiger partial charge < -0.3 is 15.3 Å². The summed E-state index contributed by atoms with van der Waals surface area (Å²) in [7, 11) is 0. The first-order valence-electron chi connectivity index (χ1n) is 6.94. The second-order valence-corrected chi connectivity index (χ2v) is 5.83. The average molecular weight is 311 g/mol. The lowest BCUT2D eigenvalue weighted by molar-refractivity contribution is -0.143. The maximum Gasteiger partial charge on any atom is 0.321 e. The van der Waals surface area contributed by atoms with Gasteiger partial charge in [0.2, 0.25) is 0 Å². The van der Waals surface area contributed by atoms with Crippen LogP contribution < -0.4 is 5.32 Å². The molecule has 0 unspecified atom stereocenters. The number of likely N-dealkylation sites (tertiary alicyclic amines) is 1. The fourth-order valence-electron chi connectivity index (χ4n) is 2.55. The molecule has 1 aliphatic heterocycles. The van der Waals surface area contributed by atoms with E-state index in [1.165, 1.54) is 0 Å². The molecule has 5 nitrogen and oxygen atoms in total. The Balaban J connectivity index is 1.98. The third-order valence-electron chi connectivity index (χ3n) is 3.82. The van der Waals surface area contributed by atoms with Gasteiger partial charge in [0.1, 0.15) is 0 Å². The summed E-state index contributed by atoms with van der Waals surface area (Å²) in [6.07, 6.45) is 1.00. The summed E-state index contributed by atoms with van der Waals surface area (Å²) < 4.78 is 0. The van der Waals surface area contributed by atoms with Gasteiger partial charge in [-0.1, -0.05) is 11.6 Å². The molecule has 114 valence electrons. The van der Waals surface area contributed by atoms with Gasteiger partial charge in [-0.05, 0) is 49.9 Å². The van der Waals surface area contributed by atoms with Crippen LogP contribution in [-0.4, -0.2) is 35.1 Å². The largest absolute Gasteiger partial charge is 0.481 e. The highest BCUT2D eigenvalue weighted by Crippen LogP contribution is 2.25. The van der Waals surface area contributed by atoms with Gasteiger partial charge in [-0.2, -0.15) is 0 Å². The summed E-state index contributed by atoms with van der Waals surface area (Å²) >= 11 is 6.10. The molecule has 2 N–H and O–H groups in total. The Bertz CT molecular complexity index is 543. The number of aliphatic carboxylic acids is 1. The van der Waals surface area contributed by atoms with Crippen LogP contribution in [0.5, 0.6) is 0 Å². The van der Waals surface area contributed by atoms with Gasteiger partial charge in [0.15, 0.2) is 0 Å². The quantitative estimate of drug-likeness (QED) is 0.880. The predicted molar refractivity (Wildman–Crippen MR) is 81.9 cm³/mol. The minimum Gasteiger partial charge on any atom is -0.481 e. The predicted octanol–water partition coefficient (Wildman–Crippen LogP) is 3.29. The van der Waals surface area contributed by atoms with E-state index in [2.05, 4.69) is 5.32 Å². The Morgan fingerprint density at radius 1 is 1.24 bits per heavy atom. The van der Waals surface area contributed by atoms with Crippen molar-refractivity contribution in [2.24, 2.45) is 5.92 Å². The fraction of sp³-hybridized carbons (Fsp3) is 0.467. The molecule has 0 radical (unpaired) electrons. The molecule has 2 rings (SSSR count). The van der Waals surface area contributed by atoms with Crippen molar-refractivity contribution in [3.63, 3.8) is 0 Å². The van der Waals surface area contributed by atoms with Crippen molar-refractivity contribution in [1.29, 1.82) is 0 Å². The van der Waals surface area contributed by atoms with Crippen molar-refractivity contribution in [3.8, 4) is 0 Å². The number of halogens is 1. The van der Waals surface area contributed by atoms with E-state index in [1.54, 1.807) is 4.90 Å². The molecule has 2 amide bonds. The highest BCUT2D eigenvalue weighted by Gasteiger charge is 2.27. The molecular weight excluding hydrogens is 292 g/mol. The highest BCUT2D eigenvalue weighted by atomic mass is 35.5. The van der Waals surface area contributed by atoms with Crippen molar-refractivity contribution in [3.05, 3.63) is 28.3 Å². The number of benzene rings is 1. The molecule has 0 aromatic heterocycles. The summed E-state index contributed by atoms with van der Waals surface area (Å²) in [5, 5.41) is 12.5. The third-order valence-corrected chi connectivity index (χ3v) is 4.42. The van der Waals surface area contributed by atoms with Crippen molar-refractivity contribution in [1.82, 2.24) is 4.90 Å². The van der Waals surface area contributed by atoms with E-state index in [1.807, 2.05) is 26.0 Å². The van der Waals surface area contributed by atoms with Crippen LogP contribution in [0.1, 0.15) is 24.0 Å². The number of carbonyl (C=O) groups is 2. The zero-order valence-corrected chi connectivity index (χ0v) is 12.9. The molecule has 1 fully saturated rings. The molecule has 1 heterocycles. The minimum atomic E-state index is -0.779. The summed E-state index contributed by atoms with van der Waals surface area (Å²) in [5.41, 5.74) is 2.54. The molecule has 0 atom stereocenters. The van der Waals surface area contributed by atoms with Gasteiger partial charge in [-0.3, -0.25) is 4.79 Å². The van der Waals surface area contributed by atoms with E-state index in [9.17, 15) is 9.59 Å². The smallest absolute Gasteiger partial charge is 0.321 e. The van der Waals surface area contributed by atoms with Gasteiger partial charge >= 0.3 is 12.0 Å². The lowest BCUT2D eigenvalue weighted by Crippen LogP contribution is -2.42. The standard InChI is InChI=1S/C15H19ClN2O3/c1-9-7-12(8-10(2)13(9)16)17-15(21)18-5-3-11(4-6-18)14(19)20/h7-8,11H,3-6H2,1-2H3,(H,17,21)(H,19,20). The Hall–Kier alpha value is -1.75. The van der Waals surface area contributed by atoms with Gasteiger partial charge in [0.05, 0.1) is 5.92 Å². The molecule has 1 aliphatic rings. The van der Waals surface area contributed by atoms with Crippen molar-refractivity contribution < 1.29 is 14.7 Å². The number of carbonyl (C=O) groups excluding carboxylic acids is 1. The van der Waals surface area contributed by atoms with Crippen molar-refractivity contribution >= 4 is 29.3 Å². The molecule has 6 heteroatoms. The number of carboxylic acid groups (broad SMARTS) is 1. The van der Waals surface area contributed by atoms with Crippen LogP contribution in [0.25, 0.3) is 0 Å². The minimum absolute atomic E-state index is 0.194. The van der Waals surface area contributed by atoms with Crippen LogP contribution >= 0.6 is 11.6 Å². The maximum absolute atomic E-state index is 12.2. The van der Waals surface area contributed by atoms with Gasteiger partial charge in [-0.25, -0.2) is 4.79 Å². The summed E-state index contributed by atoms with van der Waals surface area (Å²) in [6.45, 7) is 4.72. The van der Waals surface area contributed by atoms with Crippen molar-refractivity contribution in [2.75, 3.05) is 18.4 Å². The zero-order valence-electron chi connectivity index (χ0n) is 12.1. The molecule has 1 aromatic rings. The number of nitrogens with one attached hydrogen (secondary N) is 1. The van der Waals surface area contributed by atoms with Gasteiger partial charge in [0, 0.05) is 23.8 Å². The van der Waals surface area contributed by atoms with Crippen LogP contribution in [0.15, 0.2) is 12.1 Å². The number of anilines is 1. The lowest BCUT2D eigenvalue weighted by Gasteiger charge is -2.30. The Morgan fingerprint density at radius 2 is 1.76 bits per heavy atom. The summed E-state index contributed by atoms with van der Waals surface area (Å²) in [6, 6.07) is 3.47. The highest BCUT2D eigenvalue weighted by molar-refractivity contribution is 6.32. The molecule has 0 saturated carbocycles. The Kier molecular flexibility index (Phi) is 4.73. The number of hydrogen-bond donors (Lipinski definition) is 2. The lowest BCUT2D eigenvalue weighted by atomic mass is 9.97. The van der Waals surface area contributed by atoms with Crippen LogP contribution in [-0.2, 0) is 4.79 Å². The molecule has 1 saturated heterocycles. The molecule has 0 aliphatic carbocycles. The SMILES string of the molecule is Cc1cc(NC(=O)N2CCC(C(=O)O)CC2)cc(C)c1Cl. The van der Waals surface area contributed by atoms with E-state index in [0.29, 0.717) is 36.6 Å². The van der Waals surface area contributed by atoms with E-state index < -0.39 is 5.97 Å². The second kappa shape index (κ2) is 6.35. The Labute approximate surface area is 128 Å². The van der Waals surface area contributed by atoms with E-state index in [4.69, 9.17) is 16.7 Å². The first-order valence-corrected chi connectivity index (χ1v) is 7.31. The number of aryl methyl sites for hydroxylation is 2. The number of amides is 2. The van der Waals surface area contributed by atoms with E-state index >= 15 is 0 Å². The van der Waals surface area contributed by atoms with Crippen LogP contribution in [0.2, 0.25) is 5.02 Å². The number of urea groups is 1. The molecule has 0 bridgehead atoms. The Morgan fingerprint density at radius 3 is 2.24 bits per heavy atom. The monoisotopic (exact) mass is 310 g/mol. The van der Waals surface area contributed by atoms with Crippen LogP contribution in [0.4, 0.5) is 10.5 Å². The van der Waals surface area contributed by atoms with Crippen molar-refractivity contribution in [2.45, 2.75) is 26.7 Å². The topological polar surface area (TPSA) is 69.6 Å². The van der Waals surface area contributed by atoms with E-state index in [-0.39, 0.29) is 11.9 Å². The zero-order chi connectivity index (χ0) is 15.6. The third kappa shape index (κ3) is 3.67. The first-order chi connectivity index (χ1) is 9.88. The molecule has 0 spiro atoms. The number of piperidine rings is 1. The first kappa shape index (κ1) is 15.6. The fourth-order valence-corrected chi connectivity index (χ4v) is 2.66. The normalized spacial score (nSPS) is 15.9.